The smallest absolute Gasteiger partial charge is 0.256 e. The maximum absolute atomic E-state index is 13.7. The summed E-state index contributed by atoms with van der Waals surface area (Å²) in [7, 11) is -3.64. The Balaban J connectivity index is 1.93. The first-order valence-electron chi connectivity index (χ1n) is 8.33. The monoisotopic (exact) mass is 394 g/mol. The summed E-state index contributed by atoms with van der Waals surface area (Å²) in [5.41, 5.74) is 0.852. The molecule has 0 unspecified atom stereocenters. The lowest BCUT2D eigenvalue weighted by atomic mass is 10.0. The molecule has 1 aliphatic heterocycles. The number of nitrogens with zero attached hydrogens (tertiary/aromatic N) is 3. The molecule has 0 aliphatic carbocycles. The second kappa shape index (κ2) is 7.10. The zero-order chi connectivity index (χ0) is 19.8. The first kappa shape index (κ1) is 19.0. The molecule has 1 N–H and O–H groups in total. The van der Waals surface area contributed by atoms with Crippen LogP contribution in [0.1, 0.15) is 28.5 Å². The van der Waals surface area contributed by atoms with Gasteiger partial charge in [-0.1, -0.05) is 0 Å². The molecule has 0 atom stereocenters. The highest BCUT2D eigenvalue weighted by Crippen LogP contribution is 2.23. The van der Waals surface area contributed by atoms with E-state index >= 15 is 0 Å². The van der Waals surface area contributed by atoms with E-state index in [4.69, 9.17) is 0 Å². The van der Waals surface area contributed by atoms with E-state index in [2.05, 4.69) is 9.71 Å². The lowest BCUT2D eigenvalue weighted by molar-refractivity contribution is 0.0731. The van der Waals surface area contributed by atoms with Crippen LogP contribution in [0.3, 0.4) is 0 Å². The number of nitrogens with one attached hydrogen (secondary N) is 1. The van der Waals surface area contributed by atoms with Crippen LogP contribution in [-0.4, -0.2) is 41.6 Å². The van der Waals surface area contributed by atoms with Gasteiger partial charge in [-0.2, -0.15) is 0 Å². The van der Waals surface area contributed by atoms with E-state index in [9.17, 15) is 22.4 Å². The fraction of sp³-hybridized carbons (Fsp3) is 0.353. The fourth-order valence-electron chi connectivity index (χ4n) is 3.01. The van der Waals surface area contributed by atoms with Gasteiger partial charge in [0.05, 0.1) is 36.1 Å². The summed E-state index contributed by atoms with van der Waals surface area (Å²) in [4.78, 5) is 30.9. The summed E-state index contributed by atoms with van der Waals surface area (Å²) in [6, 6.07) is 3.28. The van der Waals surface area contributed by atoms with Crippen molar-refractivity contribution in [1.29, 1.82) is 0 Å². The van der Waals surface area contributed by atoms with Crippen LogP contribution in [0.4, 0.5) is 10.1 Å². The summed E-state index contributed by atoms with van der Waals surface area (Å²) in [5, 5.41) is 0. The van der Waals surface area contributed by atoms with Gasteiger partial charge in [-0.05, 0) is 31.5 Å². The van der Waals surface area contributed by atoms with Gasteiger partial charge in [-0.25, -0.2) is 17.8 Å². The quantitative estimate of drug-likeness (QED) is 0.833. The van der Waals surface area contributed by atoms with Crippen LogP contribution in [0.15, 0.2) is 29.3 Å². The Morgan fingerprint density at radius 1 is 1.37 bits per heavy atom. The molecule has 10 heteroatoms. The van der Waals surface area contributed by atoms with Gasteiger partial charge < -0.3 is 4.90 Å². The van der Waals surface area contributed by atoms with Gasteiger partial charge in [-0.3, -0.25) is 18.9 Å². The molecule has 27 heavy (non-hydrogen) atoms. The molecular formula is C17H19FN4O4S. The van der Waals surface area contributed by atoms with Gasteiger partial charge in [0.2, 0.25) is 10.0 Å². The first-order chi connectivity index (χ1) is 12.7. The van der Waals surface area contributed by atoms with Crippen LogP contribution in [-0.2, 0) is 29.5 Å². The summed E-state index contributed by atoms with van der Waals surface area (Å²) < 4.78 is 40.4. The number of amides is 1. The SMILES string of the molecule is CCn1cnc2c(c1=O)CCN(C(=O)c1cc(F)ccc1NS(C)(=O)=O)C2. The van der Waals surface area contributed by atoms with Gasteiger partial charge in [0.1, 0.15) is 5.82 Å². The molecule has 0 fully saturated rings. The highest BCUT2D eigenvalue weighted by molar-refractivity contribution is 7.92. The average Bonchev–Trinajstić information content (AvgIpc) is 2.61. The molecule has 0 bridgehead atoms. The minimum atomic E-state index is -3.64. The molecule has 1 amide bonds. The number of halogens is 1. The van der Waals surface area contributed by atoms with Crippen molar-refractivity contribution in [1.82, 2.24) is 14.5 Å². The van der Waals surface area contributed by atoms with E-state index in [0.717, 1.165) is 18.4 Å². The van der Waals surface area contributed by atoms with E-state index in [-0.39, 0.29) is 29.9 Å². The van der Waals surface area contributed by atoms with Crippen molar-refractivity contribution >= 4 is 21.6 Å². The minimum absolute atomic E-state index is 0.00376. The van der Waals surface area contributed by atoms with Crippen LogP contribution < -0.4 is 10.3 Å². The zero-order valence-electron chi connectivity index (χ0n) is 14.9. The van der Waals surface area contributed by atoms with Gasteiger partial charge in [-0.15, -0.1) is 0 Å². The van der Waals surface area contributed by atoms with E-state index in [0.29, 0.717) is 24.2 Å². The third-order valence-corrected chi connectivity index (χ3v) is 4.92. The summed E-state index contributed by atoms with van der Waals surface area (Å²) in [5.74, 6) is -1.19. The maximum atomic E-state index is 13.7. The van der Waals surface area contributed by atoms with E-state index in [1.165, 1.54) is 21.9 Å². The summed E-state index contributed by atoms with van der Waals surface area (Å²) in [6.45, 7) is 2.70. The van der Waals surface area contributed by atoms with E-state index < -0.39 is 21.7 Å². The van der Waals surface area contributed by atoms with E-state index in [1.807, 2.05) is 6.92 Å². The van der Waals surface area contributed by atoms with Crippen molar-refractivity contribution in [2.45, 2.75) is 26.4 Å². The number of hydrogen-bond acceptors (Lipinski definition) is 5. The highest BCUT2D eigenvalue weighted by Gasteiger charge is 2.27. The van der Waals surface area contributed by atoms with Gasteiger partial charge >= 0.3 is 0 Å². The van der Waals surface area contributed by atoms with Gasteiger partial charge in [0.15, 0.2) is 0 Å². The van der Waals surface area contributed by atoms with Gasteiger partial charge in [0.25, 0.3) is 11.5 Å². The number of aryl methyl sites for hydroxylation is 1. The largest absolute Gasteiger partial charge is 0.332 e. The Hall–Kier alpha value is -2.75. The second-order valence-electron chi connectivity index (χ2n) is 6.30. The molecule has 1 aromatic carbocycles. The van der Waals surface area contributed by atoms with Crippen molar-refractivity contribution in [2.24, 2.45) is 0 Å². The maximum Gasteiger partial charge on any atom is 0.256 e. The molecule has 8 nitrogen and oxygen atoms in total. The highest BCUT2D eigenvalue weighted by atomic mass is 32.2. The number of hydrogen-bond donors (Lipinski definition) is 1. The average molecular weight is 394 g/mol. The Kier molecular flexibility index (Phi) is 5.01. The number of carbonyl (C=O) groups is 1. The fourth-order valence-corrected chi connectivity index (χ4v) is 3.59. The molecule has 1 aromatic heterocycles. The molecule has 0 saturated heterocycles. The molecule has 1 aliphatic rings. The molecule has 3 rings (SSSR count). The van der Waals surface area contributed by atoms with Crippen molar-refractivity contribution in [3.05, 3.63) is 57.5 Å². The molecule has 0 spiro atoms. The van der Waals surface area contributed by atoms with Crippen molar-refractivity contribution in [3.63, 3.8) is 0 Å². The Morgan fingerprint density at radius 2 is 2.11 bits per heavy atom. The number of aromatic nitrogens is 2. The number of fused-ring (bicyclic) bond motifs is 1. The number of carbonyl (C=O) groups excluding carboxylic acids is 1. The Labute approximate surface area is 155 Å². The van der Waals surface area contributed by atoms with Crippen LogP contribution in [0.25, 0.3) is 0 Å². The summed E-state index contributed by atoms with van der Waals surface area (Å²) >= 11 is 0. The molecule has 2 aromatic rings. The number of benzene rings is 1. The number of rotatable bonds is 4. The van der Waals surface area contributed by atoms with Crippen LogP contribution in [0, 0.1) is 5.82 Å². The molecule has 2 heterocycles. The molecule has 144 valence electrons. The standard InChI is InChI=1S/C17H19FN4O4S/c1-3-21-10-19-15-9-22(7-6-12(15)16(21)23)17(24)13-8-11(18)4-5-14(13)20-27(2,25)26/h4-5,8,10,20H,3,6-7,9H2,1-2H3. The number of anilines is 1. The Morgan fingerprint density at radius 3 is 2.78 bits per heavy atom. The molecule has 0 radical (unpaired) electrons. The van der Waals surface area contributed by atoms with Crippen molar-refractivity contribution < 1.29 is 17.6 Å². The Bertz CT molecular complexity index is 1070. The predicted octanol–water partition coefficient (Wildman–Crippen LogP) is 0.972. The molecule has 0 saturated carbocycles. The normalized spacial score (nSPS) is 14.0. The minimum Gasteiger partial charge on any atom is -0.332 e. The zero-order valence-corrected chi connectivity index (χ0v) is 15.7. The van der Waals surface area contributed by atoms with Crippen molar-refractivity contribution in [3.8, 4) is 0 Å². The predicted molar refractivity (Wildman–Crippen MR) is 97.5 cm³/mol. The van der Waals surface area contributed by atoms with Crippen molar-refractivity contribution in [2.75, 3.05) is 17.5 Å². The third-order valence-electron chi connectivity index (χ3n) is 4.33. The summed E-state index contributed by atoms with van der Waals surface area (Å²) in [6.07, 6.45) is 2.72. The van der Waals surface area contributed by atoms with Crippen LogP contribution in [0.5, 0.6) is 0 Å². The van der Waals surface area contributed by atoms with E-state index in [1.54, 1.807) is 0 Å². The topological polar surface area (TPSA) is 101 Å². The number of sulfonamides is 1. The lowest BCUT2D eigenvalue weighted by Gasteiger charge is -2.28. The first-order valence-corrected chi connectivity index (χ1v) is 10.2. The lowest BCUT2D eigenvalue weighted by Crippen LogP contribution is -2.40. The van der Waals surface area contributed by atoms with Crippen LogP contribution in [0.2, 0.25) is 0 Å². The van der Waals surface area contributed by atoms with Gasteiger partial charge in [0, 0.05) is 18.7 Å². The molecular weight excluding hydrogens is 375 g/mol. The third kappa shape index (κ3) is 4.00. The van der Waals surface area contributed by atoms with Crippen LogP contribution >= 0.6 is 0 Å². The second-order valence-corrected chi connectivity index (χ2v) is 8.05.